The van der Waals surface area contributed by atoms with Crippen molar-refractivity contribution in [1.29, 1.82) is 0 Å². The van der Waals surface area contributed by atoms with Crippen LogP contribution in [0.25, 0.3) is 11.1 Å². The number of rotatable bonds is 5. The summed E-state index contributed by atoms with van der Waals surface area (Å²) in [7, 11) is 0. The molecule has 1 atom stereocenters. The van der Waals surface area contributed by atoms with Gasteiger partial charge in [-0.05, 0) is 30.9 Å². The first kappa shape index (κ1) is 13.2. The van der Waals surface area contributed by atoms with Gasteiger partial charge in [-0.1, -0.05) is 48.5 Å². The number of hydrogen-bond acceptors (Lipinski definition) is 2. The molecule has 0 amide bonds. The van der Waals surface area contributed by atoms with E-state index in [1.54, 1.807) is 0 Å². The standard InChI is InChI=1S/C18H21NO/c1-2-7-15(8-3-1)17-10-4-5-11-18(17)19-13-12-16-9-6-14-20-16/h1-5,7-8,10-11,16,19H,6,9,12-14H2. The minimum Gasteiger partial charge on any atom is -0.384 e. The van der Waals surface area contributed by atoms with Crippen molar-refractivity contribution in [3.8, 4) is 11.1 Å². The number of ether oxygens (including phenoxy) is 1. The molecule has 0 spiro atoms. The summed E-state index contributed by atoms with van der Waals surface area (Å²) in [5.74, 6) is 0. The van der Waals surface area contributed by atoms with Gasteiger partial charge in [0, 0.05) is 24.4 Å². The molecular formula is C18H21NO. The van der Waals surface area contributed by atoms with E-state index in [1.807, 2.05) is 0 Å². The maximum atomic E-state index is 5.67. The molecule has 1 unspecified atom stereocenters. The molecule has 1 saturated heterocycles. The Balaban J connectivity index is 1.67. The third-order valence-corrected chi connectivity index (χ3v) is 3.82. The summed E-state index contributed by atoms with van der Waals surface area (Å²) in [5.41, 5.74) is 3.73. The van der Waals surface area contributed by atoms with Gasteiger partial charge in [0.15, 0.2) is 0 Å². The number of anilines is 1. The van der Waals surface area contributed by atoms with E-state index >= 15 is 0 Å². The molecule has 20 heavy (non-hydrogen) atoms. The number of hydrogen-bond donors (Lipinski definition) is 1. The lowest BCUT2D eigenvalue weighted by molar-refractivity contribution is 0.107. The van der Waals surface area contributed by atoms with Crippen LogP contribution in [-0.2, 0) is 4.74 Å². The van der Waals surface area contributed by atoms with E-state index in [1.165, 1.54) is 29.7 Å². The fraction of sp³-hybridized carbons (Fsp3) is 0.333. The third-order valence-electron chi connectivity index (χ3n) is 3.82. The fourth-order valence-electron chi connectivity index (χ4n) is 2.75. The number of nitrogens with one attached hydrogen (secondary N) is 1. The van der Waals surface area contributed by atoms with E-state index in [0.717, 1.165) is 19.6 Å². The molecule has 0 saturated carbocycles. The Hall–Kier alpha value is -1.80. The molecule has 0 radical (unpaired) electrons. The smallest absolute Gasteiger partial charge is 0.0592 e. The Labute approximate surface area is 120 Å². The highest BCUT2D eigenvalue weighted by molar-refractivity contribution is 5.77. The van der Waals surface area contributed by atoms with Gasteiger partial charge < -0.3 is 10.1 Å². The van der Waals surface area contributed by atoms with Crippen molar-refractivity contribution in [2.75, 3.05) is 18.5 Å². The topological polar surface area (TPSA) is 21.3 Å². The highest BCUT2D eigenvalue weighted by Gasteiger charge is 2.14. The van der Waals surface area contributed by atoms with E-state index in [9.17, 15) is 0 Å². The number of benzene rings is 2. The van der Waals surface area contributed by atoms with Gasteiger partial charge in [0.05, 0.1) is 6.10 Å². The Kier molecular flexibility index (Phi) is 4.34. The summed E-state index contributed by atoms with van der Waals surface area (Å²) in [6.45, 7) is 1.90. The van der Waals surface area contributed by atoms with Gasteiger partial charge in [0.1, 0.15) is 0 Å². The Morgan fingerprint density at radius 2 is 1.80 bits per heavy atom. The van der Waals surface area contributed by atoms with Crippen LogP contribution in [0.2, 0.25) is 0 Å². The lowest BCUT2D eigenvalue weighted by Gasteiger charge is -2.14. The molecule has 2 heteroatoms. The van der Waals surface area contributed by atoms with Crippen LogP contribution in [0.5, 0.6) is 0 Å². The maximum absolute atomic E-state index is 5.67. The van der Waals surface area contributed by atoms with E-state index in [-0.39, 0.29) is 0 Å². The van der Waals surface area contributed by atoms with Crippen molar-refractivity contribution >= 4 is 5.69 Å². The maximum Gasteiger partial charge on any atom is 0.0592 e. The van der Waals surface area contributed by atoms with Crippen LogP contribution in [0.3, 0.4) is 0 Å². The van der Waals surface area contributed by atoms with Gasteiger partial charge >= 0.3 is 0 Å². The quantitative estimate of drug-likeness (QED) is 0.870. The summed E-state index contributed by atoms with van der Waals surface area (Å²) < 4.78 is 5.67. The van der Waals surface area contributed by atoms with Crippen LogP contribution in [0.4, 0.5) is 5.69 Å². The summed E-state index contributed by atoms with van der Waals surface area (Å²) in [4.78, 5) is 0. The Bertz CT molecular complexity index is 532. The predicted molar refractivity (Wildman–Crippen MR) is 84.0 cm³/mol. The summed E-state index contributed by atoms with van der Waals surface area (Å²) in [6, 6.07) is 19.0. The average Bonchev–Trinajstić information content (AvgIpc) is 3.02. The first-order valence-electron chi connectivity index (χ1n) is 7.43. The van der Waals surface area contributed by atoms with Crippen molar-refractivity contribution in [2.24, 2.45) is 0 Å². The van der Waals surface area contributed by atoms with Gasteiger partial charge in [-0.2, -0.15) is 0 Å². The van der Waals surface area contributed by atoms with Gasteiger partial charge in [0.25, 0.3) is 0 Å². The monoisotopic (exact) mass is 267 g/mol. The molecular weight excluding hydrogens is 246 g/mol. The molecule has 1 heterocycles. The molecule has 0 aromatic heterocycles. The van der Waals surface area contributed by atoms with Crippen molar-refractivity contribution in [3.63, 3.8) is 0 Å². The zero-order valence-corrected chi connectivity index (χ0v) is 11.7. The highest BCUT2D eigenvalue weighted by Crippen LogP contribution is 2.27. The van der Waals surface area contributed by atoms with E-state index in [4.69, 9.17) is 4.74 Å². The van der Waals surface area contributed by atoms with Crippen LogP contribution in [0, 0.1) is 0 Å². The second-order valence-electron chi connectivity index (χ2n) is 5.26. The van der Waals surface area contributed by atoms with Crippen molar-refractivity contribution < 1.29 is 4.74 Å². The summed E-state index contributed by atoms with van der Waals surface area (Å²) >= 11 is 0. The molecule has 1 N–H and O–H groups in total. The minimum atomic E-state index is 0.450. The van der Waals surface area contributed by atoms with Crippen LogP contribution < -0.4 is 5.32 Å². The normalized spacial score (nSPS) is 18.1. The predicted octanol–water partition coefficient (Wildman–Crippen LogP) is 4.33. The molecule has 0 bridgehead atoms. The third kappa shape index (κ3) is 3.20. The Morgan fingerprint density at radius 1 is 1.00 bits per heavy atom. The Morgan fingerprint density at radius 3 is 2.60 bits per heavy atom. The summed E-state index contributed by atoms with van der Waals surface area (Å²) in [5, 5.41) is 3.56. The summed E-state index contributed by atoms with van der Waals surface area (Å²) in [6.07, 6.45) is 3.96. The first-order chi connectivity index (χ1) is 9.93. The molecule has 2 aromatic carbocycles. The molecule has 1 fully saturated rings. The SMILES string of the molecule is c1ccc(-c2ccccc2NCCC2CCCO2)cc1. The molecule has 104 valence electrons. The van der Waals surface area contributed by atoms with Gasteiger partial charge in [-0.25, -0.2) is 0 Å². The van der Waals surface area contributed by atoms with Crippen LogP contribution in [0.1, 0.15) is 19.3 Å². The molecule has 1 aliphatic heterocycles. The minimum absolute atomic E-state index is 0.450. The van der Waals surface area contributed by atoms with Crippen molar-refractivity contribution in [1.82, 2.24) is 0 Å². The molecule has 3 rings (SSSR count). The second kappa shape index (κ2) is 6.58. The zero-order valence-electron chi connectivity index (χ0n) is 11.7. The molecule has 2 nitrogen and oxygen atoms in total. The van der Waals surface area contributed by atoms with E-state index in [0.29, 0.717) is 6.10 Å². The average molecular weight is 267 g/mol. The zero-order chi connectivity index (χ0) is 13.6. The van der Waals surface area contributed by atoms with Gasteiger partial charge in [-0.3, -0.25) is 0 Å². The van der Waals surface area contributed by atoms with Crippen LogP contribution >= 0.6 is 0 Å². The molecule has 2 aromatic rings. The van der Waals surface area contributed by atoms with Gasteiger partial charge in [-0.15, -0.1) is 0 Å². The largest absolute Gasteiger partial charge is 0.384 e. The lowest BCUT2D eigenvalue weighted by atomic mass is 10.0. The van der Waals surface area contributed by atoms with E-state index < -0.39 is 0 Å². The molecule has 1 aliphatic rings. The van der Waals surface area contributed by atoms with Crippen LogP contribution in [0.15, 0.2) is 54.6 Å². The highest BCUT2D eigenvalue weighted by atomic mass is 16.5. The van der Waals surface area contributed by atoms with E-state index in [2.05, 4.69) is 59.9 Å². The van der Waals surface area contributed by atoms with Gasteiger partial charge in [0.2, 0.25) is 0 Å². The van der Waals surface area contributed by atoms with Crippen molar-refractivity contribution in [3.05, 3.63) is 54.6 Å². The first-order valence-corrected chi connectivity index (χ1v) is 7.43. The lowest BCUT2D eigenvalue weighted by Crippen LogP contribution is -2.12. The van der Waals surface area contributed by atoms with Crippen LogP contribution in [-0.4, -0.2) is 19.3 Å². The van der Waals surface area contributed by atoms with Crippen molar-refractivity contribution in [2.45, 2.75) is 25.4 Å². The fourth-order valence-corrected chi connectivity index (χ4v) is 2.75. The molecule has 0 aliphatic carbocycles. The second-order valence-corrected chi connectivity index (χ2v) is 5.26. The number of para-hydroxylation sites is 1.